The van der Waals surface area contributed by atoms with Crippen LogP contribution in [0.25, 0.3) is 5.69 Å². The molecule has 0 atom stereocenters. The van der Waals surface area contributed by atoms with E-state index < -0.39 is 0 Å². The number of carbonyl (C=O) groups excluding carboxylic acids is 2. The summed E-state index contributed by atoms with van der Waals surface area (Å²) >= 11 is 5.67. The SMILES string of the molecule is CCCN(CC(=O)Nc1cc(C(C)(C)C)nn1-c1ccccc1C)C(=O)CCl. The van der Waals surface area contributed by atoms with Crippen LogP contribution in [0.1, 0.15) is 45.4 Å². The quantitative estimate of drug-likeness (QED) is 0.712. The van der Waals surface area contributed by atoms with Gasteiger partial charge in [0.2, 0.25) is 11.8 Å². The van der Waals surface area contributed by atoms with Gasteiger partial charge in [0.15, 0.2) is 0 Å². The highest BCUT2D eigenvalue weighted by Gasteiger charge is 2.23. The summed E-state index contributed by atoms with van der Waals surface area (Å²) < 4.78 is 1.75. The van der Waals surface area contributed by atoms with E-state index in [4.69, 9.17) is 16.7 Å². The number of benzene rings is 1. The first kappa shape index (κ1) is 22.0. The maximum Gasteiger partial charge on any atom is 0.245 e. The van der Waals surface area contributed by atoms with E-state index in [1.54, 1.807) is 4.68 Å². The van der Waals surface area contributed by atoms with Gasteiger partial charge in [-0.2, -0.15) is 5.10 Å². The molecule has 1 N–H and O–H groups in total. The minimum absolute atomic E-state index is 0.0385. The molecule has 0 spiro atoms. The van der Waals surface area contributed by atoms with Crippen LogP contribution in [0.5, 0.6) is 0 Å². The van der Waals surface area contributed by atoms with Crippen LogP contribution in [-0.4, -0.2) is 45.5 Å². The number of aryl methyl sites for hydroxylation is 1. The maximum absolute atomic E-state index is 12.7. The smallest absolute Gasteiger partial charge is 0.245 e. The van der Waals surface area contributed by atoms with Gasteiger partial charge < -0.3 is 10.2 Å². The first-order valence-corrected chi connectivity index (χ1v) is 10.0. The van der Waals surface area contributed by atoms with E-state index in [0.717, 1.165) is 23.4 Å². The molecule has 0 aliphatic carbocycles. The fourth-order valence-corrected chi connectivity index (χ4v) is 2.99. The van der Waals surface area contributed by atoms with Crippen molar-refractivity contribution in [3.05, 3.63) is 41.6 Å². The van der Waals surface area contributed by atoms with Crippen LogP contribution >= 0.6 is 11.6 Å². The fraction of sp³-hybridized carbons (Fsp3) is 0.476. The molecule has 7 heteroatoms. The molecule has 152 valence electrons. The molecule has 0 aliphatic heterocycles. The molecule has 0 radical (unpaired) electrons. The Kier molecular flexibility index (Phi) is 7.24. The summed E-state index contributed by atoms with van der Waals surface area (Å²) in [5.74, 6) is -0.0784. The number of nitrogens with zero attached hydrogens (tertiary/aromatic N) is 3. The average Bonchev–Trinajstić information content (AvgIpc) is 3.05. The number of anilines is 1. The molecule has 1 aromatic carbocycles. The summed E-state index contributed by atoms with van der Waals surface area (Å²) in [5.41, 5.74) is 2.64. The highest BCUT2D eigenvalue weighted by atomic mass is 35.5. The predicted octanol–water partition coefficient (Wildman–Crippen LogP) is 3.89. The summed E-state index contributed by atoms with van der Waals surface area (Å²) in [7, 11) is 0. The molecule has 2 amide bonds. The van der Waals surface area contributed by atoms with Crippen molar-refractivity contribution in [2.45, 2.75) is 46.5 Å². The van der Waals surface area contributed by atoms with Gasteiger partial charge in [-0.1, -0.05) is 45.9 Å². The number of alkyl halides is 1. The zero-order valence-corrected chi connectivity index (χ0v) is 18.0. The Morgan fingerprint density at radius 3 is 2.50 bits per heavy atom. The van der Waals surface area contributed by atoms with Gasteiger partial charge in [-0.25, -0.2) is 4.68 Å². The predicted molar refractivity (Wildman–Crippen MR) is 113 cm³/mol. The van der Waals surface area contributed by atoms with Crippen molar-refractivity contribution in [1.29, 1.82) is 0 Å². The van der Waals surface area contributed by atoms with Crippen molar-refractivity contribution in [3.8, 4) is 5.69 Å². The van der Waals surface area contributed by atoms with E-state index in [1.807, 2.05) is 44.2 Å². The van der Waals surface area contributed by atoms with E-state index in [2.05, 4.69) is 26.1 Å². The van der Waals surface area contributed by atoms with Crippen LogP contribution in [0.2, 0.25) is 0 Å². The summed E-state index contributed by atoms with van der Waals surface area (Å²) in [6, 6.07) is 9.75. The molecular weight excluding hydrogens is 376 g/mol. The lowest BCUT2D eigenvalue weighted by molar-refractivity contribution is -0.132. The zero-order chi connectivity index (χ0) is 20.9. The highest BCUT2D eigenvalue weighted by molar-refractivity contribution is 6.27. The van der Waals surface area contributed by atoms with Crippen LogP contribution in [-0.2, 0) is 15.0 Å². The van der Waals surface area contributed by atoms with E-state index in [0.29, 0.717) is 12.4 Å². The Labute approximate surface area is 171 Å². The van der Waals surface area contributed by atoms with Gasteiger partial charge >= 0.3 is 0 Å². The number of hydrogen-bond acceptors (Lipinski definition) is 3. The molecule has 0 saturated heterocycles. The minimum Gasteiger partial charge on any atom is -0.332 e. The van der Waals surface area contributed by atoms with Gasteiger partial charge in [-0.05, 0) is 25.0 Å². The molecule has 0 fully saturated rings. The molecule has 2 rings (SSSR count). The molecule has 1 aromatic heterocycles. The first-order chi connectivity index (χ1) is 13.2. The van der Waals surface area contributed by atoms with Gasteiger partial charge in [0.25, 0.3) is 0 Å². The molecule has 0 unspecified atom stereocenters. The largest absolute Gasteiger partial charge is 0.332 e. The second-order valence-corrected chi connectivity index (χ2v) is 8.13. The third-order valence-corrected chi connectivity index (χ3v) is 4.61. The summed E-state index contributed by atoms with van der Waals surface area (Å²) in [6.07, 6.45) is 0.755. The zero-order valence-electron chi connectivity index (χ0n) is 17.3. The lowest BCUT2D eigenvalue weighted by Gasteiger charge is -2.20. The average molecular weight is 405 g/mol. The number of rotatable bonds is 7. The first-order valence-electron chi connectivity index (χ1n) is 9.47. The Morgan fingerprint density at radius 1 is 1.25 bits per heavy atom. The molecule has 6 nitrogen and oxygen atoms in total. The van der Waals surface area contributed by atoms with E-state index >= 15 is 0 Å². The third kappa shape index (κ3) is 5.35. The highest BCUT2D eigenvalue weighted by Crippen LogP contribution is 2.27. The van der Waals surface area contributed by atoms with Gasteiger partial charge in [0, 0.05) is 18.0 Å². The second kappa shape index (κ2) is 9.24. The van der Waals surface area contributed by atoms with Gasteiger partial charge in [0.05, 0.1) is 17.9 Å². The lowest BCUT2D eigenvalue weighted by atomic mass is 9.92. The molecule has 0 bridgehead atoms. The lowest BCUT2D eigenvalue weighted by Crippen LogP contribution is -2.39. The third-order valence-electron chi connectivity index (χ3n) is 4.38. The van der Waals surface area contributed by atoms with Crippen LogP contribution < -0.4 is 5.32 Å². The number of aromatic nitrogens is 2. The van der Waals surface area contributed by atoms with Crippen molar-refractivity contribution < 1.29 is 9.59 Å². The molecular formula is C21H29ClN4O2. The number of halogens is 1. The normalized spacial score (nSPS) is 11.4. The number of amides is 2. The van der Waals surface area contributed by atoms with E-state index in [-0.39, 0.29) is 29.7 Å². The number of carbonyl (C=O) groups is 2. The topological polar surface area (TPSA) is 67.2 Å². The summed E-state index contributed by atoms with van der Waals surface area (Å²) in [4.78, 5) is 26.1. The van der Waals surface area contributed by atoms with Crippen molar-refractivity contribution in [3.63, 3.8) is 0 Å². The Bertz CT molecular complexity index is 839. The molecule has 0 aliphatic rings. The monoisotopic (exact) mass is 404 g/mol. The standard InChI is InChI=1S/C21H29ClN4O2/c1-6-11-25(20(28)13-22)14-19(27)23-18-12-17(21(3,4)5)24-26(18)16-10-8-7-9-15(16)2/h7-10,12H,6,11,13-14H2,1-5H3,(H,23,27). The number of hydrogen-bond donors (Lipinski definition) is 1. The molecule has 28 heavy (non-hydrogen) atoms. The number of nitrogens with one attached hydrogen (secondary N) is 1. The molecule has 0 saturated carbocycles. The Balaban J connectivity index is 2.33. The Hall–Kier alpha value is -2.34. The fourth-order valence-electron chi connectivity index (χ4n) is 2.82. The van der Waals surface area contributed by atoms with Gasteiger partial charge in [-0.3, -0.25) is 9.59 Å². The van der Waals surface area contributed by atoms with Crippen LogP contribution in [0.15, 0.2) is 30.3 Å². The summed E-state index contributed by atoms with van der Waals surface area (Å²) in [6.45, 7) is 10.6. The molecule has 2 aromatic rings. The van der Waals surface area contributed by atoms with Crippen LogP contribution in [0.3, 0.4) is 0 Å². The van der Waals surface area contributed by atoms with Crippen LogP contribution in [0, 0.1) is 6.92 Å². The number of para-hydroxylation sites is 1. The maximum atomic E-state index is 12.7. The van der Waals surface area contributed by atoms with E-state index in [1.165, 1.54) is 4.90 Å². The summed E-state index contributed by atoms with van der Waals surface area (Å²) in [5, 5.41) is 7.65. The Morgan fingerprint density at radius 2 is 1.93 bits per heavy atom. The van der Waals surface area contributed by atoms with Crippen molar-refractivity contribution in [2.24, 2.45) is 0 Å². The minimum atomic E-state index is -0.276. The van der Waals surface area contributed by atoms with Crippen molar-refractivity contribution in [1.82, 2.24) is 14.7 Å². The second-order valence-electron chi connectivity index (χ2n) is 7.86. The van der Waals surface area contributed by atoms with Crippen molar-refractivity contribution in [2.75, 3.05) is 24.3 Å². The van der Waals surface area contributed by atoms with Gasteiger partial charge in [-0.15, -0.1) is 11.6 Å². The van der Waals surface area contributed by atoms with Gasteiger partial charge in [0.1, 0.15) is 11.7 Å². The molecule has 1 heterocycles. The van der Waals surface area contributed by atoms with Crippen molar-refractivity contribution >= 4 is 29.2 Å². The van der Waals surface area contributed by atoms with E-state index in [9.17, 15) is 9.59 Å². The van der Waals surface area contributed by atoms with Crippen LogP contribution in [0.4, 0.5) is 5.82 Å².